The van der Waals surface area contributed by atoms with E-state index >= 15 is 0 Å². The highest BCUT2D eigenvalue weighted by molar-refractivity contribution is 8.03. The van der Waals surface area contributed by atoms with Crippen LogP contribution in [-0.4, -0.2) is 44.8 Å². The summed E-state index contributed by atoms with van der Waals surface area (Å²) in [7, 11) is 2.79. The van der Waals surface area contributed by atoms with Gasteiger partial charge in [0.25, 0.3) is 0 Å². The molecule has 0 aromatic rings. The molecule has 0 fully saturated rings. The minimum atomic E-state index is -0.0391. The molecule has 1 atom stereocenters. The number of unbranched alkanes of at least 4 members (excludes halogenated alkanes) is 1. The fraction of sp³-hybridized carbons (Fsp3) is 0.650. The van der Waals surface area contributed by atoms with E-state index in [1.54, 1.807) is 13.2 Å². The molecule has 0 aliphatic carbocycles. The maximum absolute atomic E-state index is 10.3. The normalized spacial score (nSPS) is 11.6. The summed E-state index contributed by atoms with van der Waals surface area (Å²) in [6.07, 6.45) is 7.00. The molecule has 164 valence electrons. The summed E-state index contributed by atoms with van der Waals surface area (Å²) in [5.41, 5.74) is 5.25. The molecule has 0 aliphatic rings. The van der Waals surface area contributed by atoms with Crippen LogP contribution < -0.4 is 5.73 Å². The van der Waals surface area contributed by atoms with Crippen LogP contribution in [0.4, 0.5) is 0 Å². The van der Waals surface area contributed by atoms with Crippen molar-refractivity contribution in [3.8, 4) is 6.07 Å². The Morgan fingerprint density at radius 2 is 2.00 bits per heavy atom. The van der Waals surface area contributed by atoms with E-state index in [2.05, 4.69) is 25.6 Å². The standard InChI is InChI=1S/C9H20O.C8H8ClN3OS.C2H6.CH4O/c1-4-6-7-9(5-2)8-10-3;1-12-8(9)7(14-5-11)2-6(3-10)4-13;2*1-2/h9H,4-8H2,1-3H3;2,4H,1,5,11H2;1-2H3;2H,1H3/b;6-2+,8-7-;;. The van der Waals surface area contributed by atoms with Gasteiger partial charge in [0.05, 0.1) is 5.57 Å². The predicted molar refractivity (Wildman–Crippen MR) is 124 cm³/mol. The summed E-state index contributed by atoms with van der Waals surface area (Å²) >= 11 is 6.85. The van der Waals surface area contributed by atoms with Crippen LogP contribution >= 0.6 is 23.4 Å². The number of halogens is 1. The number of methoxy groups -OCH3 is 1. The summed E-state index contributed by atoms with van der Waals surface area (Å²) in [6.45, 7) is 12.6. The number of nitriles is 1. The SMILES string of the molecule is C=N/C(Cl)=C(/C=C(\C#N)C=O)SCN.CC.CCCCC(CC)COC.CO. The first kappa shape index (κ1) is 34.3. The number of aliphatic imine (C=N–C) groups is 1. The molecule has 0 aromatic heterocycles. The number of aldehydes is 1. The number of nitrogens with zero attached hydrogens (tertiary/aromatic N) is 2. The van der Waals surface area contributed by atoms with E-state index in [-0.39, 0.29) is 16.6 Å². The highest BCUT2D eigenvalue weighted by Gasteiger charge is 2.03. The molecule has 0 bridgehead atoms. The molecule has 0 saturated carbocycles. The molecule has 0 amide bonds. The van der Waals surface area contributed by atoms with Crippen LogP contribution in [0.15, 0.2) is 26.7 Å². The Balaban J connectivity index is -0.000000181. The first-order valence-corrected chi connectivity index (χ1v) is 10.6. The third-order valence-electron chi connectivity index (χ3n) is 3.07. The van der Waals surface area contributed by atoms with Crippen LogP contribution in [0.3, 0.4) is 0 Å². The number of thioether (sulfide) groups is 1. The second kappa shape index (κ2) is 30.6. The molecule has 0 aromatic carbocycles. The lowest BCUT2D eigenvalue weighted by molar-refractivity contribution is -0.104. The number of rotatable bonds is 11. The summed E-state index contributed by atoms with van der Waals surface area (Å²) < 4.78 is 5.09. The molecule has 0 saturated heterocycles. The largest absolute Gasteiger partial charge is 0.400 e. The van der Waals surface area contributed by atoms with E-state index in [0.717, 1.165) is 19.6 Å². The molecule has 28 heavy (non-hydrogen) atoms. The van der Waals surface area contributed by atoms with Gasteiger partial charge in [0.15, 0.2) is 6.29 Å². The van der Waals surface area contributed by atoms with Gasteiger partial charge in [0.2, 0.25) is 0 Å². The second-order valence-electron chi connectivity index (χ2n) is 4.83. The van der Waals surface area contributed by atoms with Gasteiger partial charge in [0.1, 0.15) is 11.2 Å². The monoisotopic (exact) mass is 435 g/mol. The van der Waals surface area contributed by atoms with E-state index in [9.17, 15) is 4.79 Å². The molecule has 1 unspecified atom stereocenters. The van der Waals surface area contributed by atoms with Crippen molar-refractivity contribution in [3.63, 3.8) is 0 Å². The maximum atomic E-state index is 10.3. The second-order valence-corrected chi connectivity index (χ2v) is 6.25. The zero-order chi connectivity index (χ0) is 22.8. The molecule has 0 heterocycles. The number of aliphatic hydroxyl groups is 1. The minimum Gasteiger partial charge on any atom is -0.400 e. The van der Waals surface area contributed by atoms with E-state index in [1.807, 2.05) is 13.8 Å². The van der Waals surface area contributed by atoms with Gasteiger partial charge in [-0.05, 0) is 25.1 Å². The fourth-order valence-corrected chi connectivity index (χ4v) is 2.49. The first-order chi connectivity index (χ1) is 13.5. The zero-order valence-electron chi connectivity index (χ0n) is 18.2. The number of ether oxygens (including phenoxy) is 1. The van der Waals surface area contributed by atoms with E-state index in [0.29, 0.717) is 11.2 Å². The third-order valence-corrected chi connectivity index (χ3v) is 4.29. The van der Waals surface area contributed by atoms with Crippen LogP contribution in [0.1, 0.15) is 53.4 Å². The van der Waals surface area contributed by atoms with Crippen molar-refractivity contribution in [1.82, 2.24) is 0 Å². The lowest BCUT2D eigenvalue weighted by Crippen LogP contribution is -2.06. The van der Waals surface area contributed by atoms with Crippen molar-refractivity contribution in [2.75, 3.05) is 26.7 Å². The number of aliphatic hydroxyl groups excluding tert-OH is 1. The van der Waals surface area contributed by atoms with E-state index in [4.69, 9.17) is 32.4 Å². The average Bonchev–Trinajstić information content (AvgIpc) is 2.76. The first-order valence-electron chi connectivity index (χ1n) is 9.24. The van der Waals surface area contributed by atoms with Crippen LogP contribution in [0.2, 0.25) is 0 Å². The Bertz CT molecular complexity index is 464. The van der Waals surface area contributed by atoms with Gasteiger partial charge >= 0.3 is 0 Å². The Morgan fingerprint density at radius 3 is 2.32 bits per heavy atom. The van der Waals surface area contributed by atoms with Gasteiger partial charge in [0, 0.05) is 31.6 Å². The highest BCUT2D eigenvalue weighted by Crippen LogP contribution is 2.24. The number of nitrogens with two attached hydrogens (primary N) is 1. The number of hydrogen-bond donors (Lipinski definition) is 2. The fourth-order valence-electron chi connectivity index (χ4n) is 1.70. The zero-order valence-corrected chi connectivity index (χ0v) is 19.8. The van der Waals surface area contributed by atoms with Crippen molar-refractivity contribution in [2.24, 2.45) is 16.6 Å². The smallest absolute Gasteiger partial charge is 0.160 e. The van der Waals surface area contributed by atoms with E-state index < -0.39 is 0 Å². The van der Waals surface area contributed by atoms with Gasteiger partial charge in [-0.1, -0.05) is 58.6 Å². The van der Waals surface area contributed by atoms with Crippen LogP contribution in [-0.2, 0) is 9.53 Å². The lowest BCUT2D eigenvalue weighted by atomic mass is 10.0. The molecular formula is C20H38ClN3O3S. The van der Waals surface area contributed by atoms with Gasteiger partial charge in [-0.2, -0.15) is 5.26 Å². The topological polar surface area (TPSA) is 109 Å². The molecule has 0 rings (SSSR count). The minimum absolute atomic E-state index is 0.0391. The molecule has 6 nitrogen and oxygen atoms in total. The van der Waals surface area contributed by atoms with Crippen molar-refractivity contribution in [3.05, 3.63) is 21.7 Å². The van der Waals surface area contributed by atoms with Crippen molar-refractivity contribution < 1.29 is 14.6 Å². The van der Waals surface area contributed by atoms with Crippen LogP contribution in [0.5, 0.6) is 0 Å². The Hall–Kier alpha value is -1.17. The van der Waals surface area contributed by atoms with Gasteiger partial charge in [-0.15, -0.1) is 11.8 Å². The Morgan fingerprint density at radius 1 is 1.43 bits per heavy atom. The summed E-state index contributed by atoms with van der Waals surface area (Å²) in [5.74, 6) is 1.07. The Kier molecular flexibility index (Phi) is 37.5. The van der Waals surface area contributed by atoms with Crippen molar-refractivity contribution in [2.45, 2.75) is 53.4 Å². The van der Waals surface area contributed by atoms with Crippen LogP contribution in [0.25, 0.3) is 0 Å². The van der Waals surface area contributed by atoms with Gasteiger partial charge < -0.3 is 15.6 Å². The van der Waals surface area contributed by atoms with Crippen LogP contribution in [0, 0.1) is 17.2 Å². The molecule has 0 spiro atoms. The molecule has 0 radical (unpaired) electrons. The quantitative estimate of drug-likeness (QED) is 0.0910. The molecule has 0 aliphatic heterocycles. The van der Waals surface area contributed by atoms with Crippen molar-refractivity contribution in [1.29, 1.82) is 5.26 Å². The summed E-state index contributed by atoms with van der Waals surface area (Å²) in [6, 6.07) is 1.70. The summed E-state index contributed by atoms with van der Waals surface area (Å²) in [4.78, 5) is 14.3. The third kappa shape index (κ3) is 22.9. The Labute approximate surface area is 180 Å². The molecule has 8 heteroatoms. The predicted octanol–water partition coefficient (Wildman–Crippen LogP) is 4.88. The maximum Gasteiger partial charge on any atom is 0.160 e. The van der Waals surface area contributed by atoms with Crippen molar-refractivity contribution >= 4 is 36.4 Å². The molecule has 3 N–H and O–H groups in total. The number of carbonyl (C=O) groups excluding carboxylic acids is 1. The average molecular weight is 436 g/mol. The summed E-state index contributed by atoms with van der Waals surface area (Å²) in [5, 5.41) is 15.6. The molecular weight excluding hydrogens is 398 g/mol. The number of hydrogen-bond acceptors (Lipinski definition) is 7. The number of allylic oxidation sites excluding steroid dienone is 2. The number of carbonyl (C=O) groups is 1. The van der Waals surface area contributed by atoms with Gasteiger partial charge in [-0.25, -0.2) is 0 Å². The lowest BCUT2D eigenvalue weighted by Gasteiger charge is -2.11. The van der Waals surface area contributed by atoms with Gasteiger partial charge in [-0.3, -0.25) is 9.79 Å². The highest BCUT2D eigenvalue weighted by atomic mass is 35.5. The van der Waals surface area contributed by atoms with E-state index in [1.165, 1.54) is 43.5 Å².